The zero-order valence-electron chi connectivity index (χ0n) is 13.4. The van der Waals surface area contributed by atoms with Gasteiger partial charge in [0.25, 0.3) is 0 Å². The minimum Gasteiger partial charge on any atom is -0.333 e. The maximum Gasteiger partial charge on any atom is 0.182 e. The van der Waals surface area contributed by atoms with Crippen molar-refractivity contribution < 1.29 is 0 Å². The van der Waals surface area contributed by atoms with Crippen LogP contribution >= 0.6 is 0 Å². The molecule has 1 aliphatic carbocycles. The zero-order chi connectivity index (χ0) is 15.3. The van der Waals surface area contributed by atoms with Gasteiger partial charge in [-0.25, -0.2) is 9.97 Å². The van der Waals surface area contributed by atoms with E-state index in [4.69, 9.17) is 10.1 Å². The fourth-order valence-corrected chi connectivity index (χ4v) is 3.19. The first-order chi connectivity index (χ1) is 10.7. The van der Waals surface area contributed by atoms with Crippen LogP contribution in [-0.2, 0) is 13.6 Å². The quantitative estimate of drug-likeness (QED) is 0.741. The fraction of sp³-hybridized carbons (Fsp3) is 0.471. The molecule has 0 saturated heterocycles. The van der Waals surface area contributed by atoms with Crippen molar-refractivity contribution in [3.05, 3.63) is 29.7 Å². The summed E-state index contributed by atoms with van der Waals surface area (Å²) in [5, 5.41) is 6.00. The first-order valence-corrected chi connectivity index (χ1v) is 8.04. The Morgan fingerprint density at radius 2 is 2.14 bits per heavy atom. The number of fused-ring (bicyclic) bond motifs is 1. The van der Waals surface area contributed by atoms with Gasteiger partial charge in [-0.15, -0.1) is 0 Å². The summed E-state index contributed by atoms with van der Waals surface area (Å²) >= 11 is 0. The Balaban J connectivity index is 1.96. The number of hydrogen-bond acceptors (Lipinski definition) is 3. The number of aromatic nitrogens is 5. The predicted octanol–water partition coefficient (Wildman–Crippen LogP) is 3.43. The lowest BCUT2D eigenvalue weighted by atomic mass is 10.0. The molecule has 114 valence electrons. The Morgan fingerprint density at radius 1 is 1.32 bits per heavy atom. The van der Waals surface area contributed by atoms with Crippen molar-refractivity contribution in [2.24, 2.45) is 7.05 Å². The Hall–Kier alpha value is -2.17. The lowest BCUT2D eigenvalue weighted by Gasteiger charge is -2.06. The molecule has 1 fully saturated rings. The molecular weight excluding hydrogens is 274 g/mol. The first kappa shape index (κ1) is 13.5. The largest absolute Gasteiger partial charge is 0.333 e. The summed E-state index contributed by atoms with van der Waals surface area (Å²) in [5.74, 6) is 1.58. The number of pyridine rings is 1. The Kier molecular flexibility index (Phi) is 3.03. The summed E-state index contributed by atoms with van der Waals surface area (Å²) in [6.45, 7) is 5.30. The molecule has 0 bridgehead atoms. The molecule has 22 heavy (non-hydrogen) atoms. The van der Waals surface area contributed by atoms with Crippen LogP contribution in [0, 0.1) is 6.92 Å². The normalized spacial score (nSPS) is 14.9. The maximum atomic E-state index is 4.80. The molecule has 0 radical (unpaired) electrons. The maximum absolute atomic E-state index is 4.80. The van der Waals surface area contributed by atoms with Crippen molar-refractivity contribution in [1.29, 1.82) is 0 Å². The molecule has 0 unspecified atom stereocenters. The Labute approximate surface area is 130 Å². The van der Waals surface area contributed by atoms with Gasteiger partial charge in [-0.05, 0) is 43.7 Å². The third kappa shape index (κ3) is 2.03. The molecule has 5 heteroatoms. The van der Waals surface area contributed by atoms with E-state index in [2.05, 4.69) is 29.6 Å². The van der Waals surface area contributed by atoms with Gasteiger partial charge in [0, 0.05) is 37.1 Å². The number of imidazole rings is 1. The Bertz CT molecular complexity index is 838. The van der Waals surface area contributed by atoms with Crippen LogP contribution in [0.15, 0.2) is 18.5 Å². The Morgan fingerprint density at radius 3 is 2.77 bits per heavy atom. The summed E-state index contributed by atoms with van der Waals surface area (Å²) in [4.78, 5) is 9.24. The minimum atomic E-state index is 0.669. The molecule has 0 atom stereocenters. The monoisotopic (exact) mass is 295 g/mol. The molecule has 0 aromatic carbocycles. The summed E-state index contributed by atoms with van der Waals surface area (Å²) < 4.78 is 4.12. The molecule has 1 aliphatic rings. The molecule has 1 saturated carbocycles. The van der Waals surface area contributed by atoms with Gasteiger partial charge in [0.2, 0.25) is 0 Å². The summed E-state index contributed by atoms with van der Waals surface area (Å²) in [7, 11) is 2.01. The molecule has 0 aliphatic heterocycles. The third-order valence-corrected chi connectivity index (χ3v) is 4.50. The van der Waals surface area contributed by atoms with Gasteiger partial charge in [-0.2, -0.15) is 5.10 Å². The number of hydrogen-bond donors (Lipinski definition) is 0. The number of aryl methyl sites for hydroxylation is 3. The van der Waals surface area contributed by atoms with Crippen LogP contribution in [0.3, 0.4) is 0 Å². The number of rotatable bonds is 4. The summed E-state index contributed by atoms with van der Waals surface area (Å²) in [6.07, 6.45) is 7.41. The molecule has 5 nitrogen and oxygen atoms in total. The highest BCUT2D eigenvalue weighted by molar-refractivity contribution is 5.85. The van der Waals surface area contributed by atoms with E-state index in [1.54, 1.807) is 0 Å². The number of nitrogens with zero attached hydrogens (tertiary/aromatic N) is 5. The van der Waals surface area contributed by atoms with E-state index >= 15 is 0 Å². The lowest BCUT2D eigenvalue weighted by Crippen LogP contribution is -2.00. The van der Waals surface area contributed by atoms with E-state index in [1.807, 2.05) is 24.0 Å². The van der Waals surface area contributed by atoms with Gasteiger partial charge >= 0.3 is 0 Å². The van der Waals surface area contributed by atoms with Crippen LogP contribution in [0.25, 0.3) is 22.6 Å². The first-order valence-electron chi connectivity index (χ1n) is 8.04. The molecule has 4 rings (SSSR count). The minimum absolute atomic E-state index is 0.669. The van der Waals surface area contributed by atoms with E-state index in [9.17, 15) is 0 Å². The lowest BCUT2D eigenvalue weighted by molar-refractivity contribution is 0.592. The molecule has 3 heterocycles. The molecule has 0 N–H and O–H groups in total. The van der Waals surface area contributed by atoms with Crippen molar-refractivity contribution in [1.82, 2.24) is 24.3 Å². The second-order valence-electron chi connectivity index (χ2n) is 6.24. The van der Waals surface area contributed by atoms with Gasteiger partial charge in [-0.3, -0.25) is 4.68 Å². The van der Waals surface area contributed by atoms with Gasteiger partial charge in [0.1, 0.15) is 5.69 Å². The van der Waals surface area contributed by atoms with Crippen LogP contribution in [0.5, 0.6) is 0 Å². The SMILES string of the molecule is CCCn1nc2nc(-c3nccn3C)cc(C3CC3)c2c1C. The van der Waals surface area contributed by atoms with Gasteiger partial charge < -0.3 is 4.57 Å². The third-order valence-electron chi connectivity index (χ3n) is 4.50. The highest BCUT2D eigenvalue weighted by Gasteiger charge is 2.29. The van der Waals surface area contributed by atoms with Crippen molar-refractivity contribution in [3.63, 3.8) is 0 Å². The molecular formula is C17H21N5. The van der Waals surface area contributed by atoms with E-state index in [-0.39, 0.29) is 0 Å². The fourth-order valence-electron chi connectivity index (χ4n) is 3.19. The zero-order valence-corrected chi connectivity index (χ0v) is 13.4. The molecule has 3 aromatic heterocycles. The highest BCUT2D eigenvalue weighted by atomic mass is 15.3. The second-order valence-corrected chi connectivity index (χ2v) is 6.24. The van der Waals surface area contributed by atoms with Gasteiger partial charge in [0.05, 0.1) is 0 Å². The molecule has 3 aromatic rings. The van der Waals surface area contributed by atoms with Crippen LogP contribution < -0.4 is 0 Å². The average molecular weight is 295 g/mol. The van der Waals surface area contributed by atoms with Crippen molar-refractivity contribution in [2.75, 3.05) is 0 Å². The summed E-state index contributed by atoms with van der Waals surface area (Å²) in [5.41, 5.74) is 4.46. The average Bonchev–Trinajstić information content (AvgIpc) is 3.19. The van der Waals surface area contributed by atoms with E-state index in [1.165, 1.54) is 29.5 Å². The van der Waals surface area contributed by atoms with E-state index in [0.29, 0.717) is 5.92 Å². The van der Waals surface area contributed by atoms with Crippen LogP contribution in [0.1, 0.15) is 43.4 Å². The standard InChI is InChI=1S/C17H21N5/c1-4-8-22-11(2)15-13(12-5-6-12)10-14(19-16(15)20-22)17-18-7-9-21(17)3/h7,9-10,12H,4-6,8H2,1-3H3. The molecule has 0 spiro atoms. The highest BCUT2D eigenvalue weighted by Crippen LogP contribution is 2.44. The van der Waals surface area contributed by atoms with Crippen LogP contribution in [-0.4, -0.2) is 24.3 Å². The van der Waals surface area contributed by atoms with Crippen LogP contribution in [0.2, 0.25) is 0 Å². The van der Waals surface area contributed by atoms with Gasteiger partial charge in [-0.1, -0.05) is 6.92 Å². The van der Waals surface area contributed by atoms with E-state index < -0.39 is 0 Å². The summed E-state index contributed by atoms with van der Waals surface area (Å²) in [6, 6.07) is 2.23. The van der Waals surface area contributed by atoms with Crippen molar-refractivity contribution in [3.8, 4) is 11.5 Å². The smallest absolute Gasteiger partial charge is 0.182 e. The molecule has 0 amide bonds. The second kappa shape index (κ2) is 4.93. The van der Waals surface area contributed by atoms with Crippen molar-refractivity contribution >= 4 is 11.0 Å². The van der Waals surface area contributed by atoms with Crippen LogP contribution in [0.4, 0.5) is 0 Å². The topological polar surface area (TPSA) is 48.5 Å². The predicted molar refractivity (Wildman–Crippen MR) is 86.7 cm³/mol. The van der Waals surface area contributed by atoms with Crippen molar-refractivity contribution in [2.45, 2.75) is 45.6 Å². The van der Waals surface area contributed by atoms with E-state index in [0.717, 1.165) is 30.1 Å². The van der Waals surface area contributed by atoms with Gasteiger partial charge in [0.15, 0.2) is 11.5 Å².